The highest BCUT2D eigenvalue weighted by molar-refractivity contribution is 14.0. The highest BCUT2D eigenvalue weighted by Gasteiger charge is 2.36. The first-order valence-electron chi connectivity index (χ1n) is 9.95. The fourth-order valence-corrected chi connectivity index (χ4v) is 3.39. The van der Waals surface area contributed by atoms with Gasteiger partial charge in [-0.2, -0.15) is 0 Å². The fraction of sp³-hybridized carbons (Fsp3) is 0.667. The molecule has 0 unspecified atom stereocenters. The van der Waals surface area contributed by atoms with Crippen LogP contribution in [0.2, 0.25) is 0 Å². The Kier molecular flexibility index (Phi) is 11.7. The molecule has 0 bridgehead atoms. The van der Waals surface area contributed by atoms with Crippen molar-refractivity contribution in [1.29, 1.82) is 0 Å². The summed E-state index contributed by atoms with van der Waals surface area (Å²) in [6, 6.07) is 8.25. The number of hydrogen-bond acceptors (Lipinski definition) is 3. The Labute approximate surface area is 181 Å². The molecule has 1 aliphatic carbocycles. The van der Waals surface area contributed by atoms with E-state index in [1.165, 1.54) is 24.8 Å². The Hall–Kier alpha value is -1.02. The van der Waals surface area contributed by atoms with E-state index in [0.29, 0.717) is 12.0 Å². The highest BCUT2D eigenvalue weighted by Crippen LogP contribution is 2.44. The van der Waals surface area contributed by atoms with Gasteiger partial charge in [0, 0.05) is 33.4 Å². The van der Waals surface area contributed by atoms with Crippen molar-refractivity contribution in [2.45, 2.75) is 46.0 Å². The third kappa shape index (κ3) is 7.86. The van der Waals surface area contributed by atoms with Crippen molar-refractivity contribution in [2.75, 3.05) is 40.0 Å². The summed E-state index contributed by atoms with van der Waals surface area (Å²) in [5.74, 6) is 1.89. The zero-order valence-corrected chi connectivity index (χ0v) is 19.4. The number of guanidine groups is 1. The molecular weight excluding hydrogens is 453 g/mol. The van der Waals surface area contributed by atoms with E-state index in [-0.39, 0.29) is 24.0 Å². The molecule has 1 aromatic carbocycles. The second kappa shape index (κ2) is 13.2. The first kappa shape index (κ1) is 24.0. The predicted octanol–water partition coefficient (Wildman–Crippen LogP) is 4.01. The minimum absolute atomic E-state index is 0. The van der Waals surface area contributed by atoms with Crippen LogP contribution in [0.15, 0.2) is 29.3 Å². The van der Waals surface area contributed by atoms with Crippen LogP contribution in [0.4, 0.5) is 0 Å². The molecule has 0 aliphatic heterocycles. The molecule has 0 amide bonds. The van der Waals surface area contributed by atoms with E-state index >= 15 is 0 Å². The molecular formula is C21H36IN3O2. The molecule has 5 nitrogen and oxygen atoms in total. The first-order valence-corrected chi connectivity index (χ1v) is 9.95. The average molecular weight is 489 g/mol. The number of ether oxygens (including phenoxy) is 2. The molecule has 0 saturated heterocycles. The van der Waals surface area contributed by atoms with Crippen LogP contribution in [0.5, 0.6) is 5.75 Å². The minimum atomic E-state index is 0. The SMILES string of the molecule is CCNC(=NCC1(CCOC)CCC1)NCCc1ccccc1OCC.I. The van der Waals surface area contributed by atoms with Crippen LogP contribution in [0.25, 0.3) is 0 Å². The number of para-hydroxylation sites is 1. The van der Waals surface area contributed by atoms with Crippen LogP contribution in [-0.2, 0) is 11.2 Å². The van der Waals surface area contributed by atoms with Crippen molar-refractivity contribution >= 4 is 29.9 Å². The van der Waals surface area contributed by atoms with Crippen molar-refractivity contribution in [1.82, 2.24) is 10.6 Å². The molecule has 0 atom stereocenters. The lowest BCUT2D eigenvalue weighted by Crippen LogP contribution is -2.41. The molecule has 0 aromatic heterocycles. The molecule has 0 heterocycles. The van der Waals surface area contributed by atoms with E-state index in [4.69, 9.17) is 14.5 Å². The quantitative estimate of drug-likeness (QED) is 0.280. The van der Waals surface area contributed by atoms with E-state index < -0.39 is 0 Å². The zero-order chi connectivity index (χ0) is 18.7. The number of hydrogen-bond donors (Lipinski definition) is 2. The molecule has 2 rings (SSSR count). The van der Waals surface area contributed by atoms with Crippen LogP contribution in [0, 0.1) is 5.41 Å². The van der Waals surface area contributed by atoms with E-state index in [1.54, 1.807) is 7.11 Å². The lowest BCUT2D eigenvalue weighted by Gasteiger charge is -2.40. The van der Waals surface area contributed by atoms with Crippen molar-refractivity contribution in [3.63, 3.8) is 0 Å². The summed E-state index contributed by atoms with van der Waals surface area (Å²) in [6.07, 6.45) is 5.86. The summed E-state index contributed by atoms with van der Waals surface area (Å²) < 4.78 is 11.0. The highest BCUT2D eigenvalue weighted by atomic mass is 127. The van der Waals surface area contributed by atoms with Gasteiger partial charge in [-0.25, -0.2) is 0 Å². The Bertz CT molecular complexity index is 562. The molecule has 2 N–H and O–H groups in total. The zero-order valence-electron chi connectivity index (χ0n) is 17.1. The van der Waals surface area contributed by atoms with Gasteiger partial charge in [0.25, 0.3) is 0 Å². The van der Waals surface area contributed by atoms with Gasteiger partial charge in [-0.15, -0.1) is 24.0 Å². The number of nitrogens with one attached hydrogen (secondary N) is 2. The molecule has 27 heavy (non-hydrogen) atoms. The topological polar surface area (TPSA) is 54.9 Å². The summed E-state index contributed by atoms with van der Waals surface area (Å²) in [6.45, 7) is 8.22. The normalized spacial score (nSPS) is 15.4. The second-order valence-corrected chi connectivity index (χ2v) is 7.01. The Morgan fingerprint density at radius 1 is 1.19 bits per heavy atom. The second-order valence-electron chi connectivity index (χ2n) is 7.01. The smallest absolute Gasteiger partial charge is 0.191 e. The largest absolute Gasteiger partial charge is 0.494 e. The maximum Gasteiger partial charge on any atom is 0.191 e. The van der Waals surface area contributed by atoms with Gasteiger partial charge in [-0.3, -0.25) is 4.99 Å². The van der Waals surface area contributed by atoms with E-state index in [2.05, 4.69) is 29.7 Å². The third-order valence-corrected chi connectivity index (χ3v) is 5.13. The van der Waals surface area contributed by atoms with Crippen molar-refractivity contribution in [2.24, 2.45) is 10.4 Å². The number of methoxy groups -OCH3 is 1. The maximum atomic E-state index is 5.71. The summed E-state index contributed by atoms with van der Waals surface area (Å²) in [5, 5.41) is 6.83. The van der Waals surface area contributed by atoms with Crippen molar-refractivity contribution < 1.29 is 9.47 Å². The molecule has 0 radical (unpaired) electrons. The number of benzene rings is 1. The molecule has 154 valence electrons. The van der Waals surface area contributed by atoms with Crippen LogP contribution >= 0.6 is 24.0 Å². The van der Waals surface area contributed by atoms with Crippen LogP contribution in [0.3, 0.4) is 0 Å². The number of rotatable bonds is 11. The Balaban J connectivity index is 0.00000364. The van der Waals surface area contributed by atoms with Gasteiger partial charge in [-0.1, -0.05) is 24.6 Å². The standard InChI is InChI=1S/C21H35N3O2.HI/c1-4-22-20(24-17-21(12-8-13-21)14-16-25-3)23-15-11-18-9-6-7-10-19(18)26-5-2;/h6-7,9-10H,4-5,8,11-17H2,1-3H3,(H2,22,23,24);1H. The van der Waals surface area contributed by atoms with Gasteiger partial charge in [0.2, 0.25) is 0 Å². The lowest BCUT2D eigenvalue weighted by molar-refractivity contribution is 0.0778. The van der Waals surface area contributed by atoms with Crippen LogP contribution < -0.4 is 15.4 Å². The van der Waals surface area contributed by atoms with Crippen molar-refractivity contribution in [3.8, 4) is 5.75 Å². The minimum Gasteiger partial charge on any atom is -0.494 e. The summed E-state index contributed by atoms with van der Waals surface area (Å²) >= 11 is 0. The third-order valence-electron chi connectivity index (χ3n) is 5.13. The molecule has 6 heteroatoms. The molecule has 0 spiro atoms. The van der Waals surface area contributed by atoms with Gasteiger partial charge in [-0.05, 0) is 56.6 Å². The van der Waals surface area contributed by atoms with Gasteiger partial charge < -0.3 is 20.1 Å². The molecule has 1 aliphatic rings. The average Bonchev–Trinajstić information content (AvgIpc) is 2.62. The van der Waals surface area contributed by atoms with Gasteiger partial charge in [0.05, 0.1) is 6.61 Å². The molecule has 1 fully saturated rings. The lowest BCUT2D eigenvalue weighted by atomic mass is 9.67. The van der Waals surface area contributed by atoms with Gasteiger partial charge >= 0.3 is 0 Å². The summed E-state index contributed by atoms with van der Waals surface area (Å²) in [5.41, 5.74) is 1.58. The Morgan fingerprint density at radius 2 is 1.96 bits per heavy atom. The molecule has 1 saturated carbocycles. The number of aliphatic imine (C=N–C) groups is 1. The molecule has 1 aromatic rings. The van der Waals surface area contributed by atoms with Crippen molar-refractivity contribution in [3.05, 3.63) is 29.8 Å². The number of nitrogens with zero attached hydrogens (tertiary/aromatic N) is 1. The van der Waals surface area contributed by atoms with Gasteiger partial charge in [0.15, 0.2) is 5.96 Å². The van der Waals surface area contributed by atoms with Crippen LogP contribution in [0.1, 0.15) is 45.1 Å². The van der Waals surface area contributed by atoms with Crippen LogP contribution in [-0.4, -0.2) is 45.9 Å². The summed E-state index contributed by atoms with van der Waals surface area (Å²) in [7, 11) is 1.78. The van der Waals surface area contributed by atoms with E-state index in [1.807, 2.05) is 19.1 Å². The first-order chi connectivity index (χ1) is 12.7. The predicted molar refractivity (Wildman–Crippen MR) is 123 cm³/mol. The number of halogens is 1. The monoisotopic (exact) mass is 489 g/mol. The summed E-state index contributed by atoms with van der Waals surface area (Å²) in [4.78, 5) is 4.86. The van der Waals surface area contributed by atoms with E-state index in [9.17, 15) is 0 Å². The van der Waals surface area contributed by atoms with E-state index in [0.717, 1.165) is 50.8 Å². The van der Waals surface area contributed by atoms with Gasteiger partial charge in [0.1, 0.15) is 5.75 Å². The fourth-order valence-electron chi connectivity index (χ4n) is 3.39. The maximum absolute atomic E-state index is 5.71. The Morgan fingerprint density at radius 3 is 2.59 bits per heavy atom.